The van der Waals surface area contributed by atoms with Crippen molar-refractivity contribution < 1.29 is 9.18 Å². The Hall–Kier alpha value is -4.06. The number of carbonyl (C=O) groups is 1. The number of anilines is 2. The summed E-state index contributed by atoms with van der Waals surface area (Å²) in [6.07, 6.45) is 0. The van der Waals surface area contributed by atoms with Gasteiger partial charge in [-0.05, 0) is 61.0 Å². The number of hydrogen-bond donors (Lipinski definition) is 2. The zero-order chi connectivity index (χ0) is 21.6. The molecule has 1 aromatic heterocycles. The number of rotatable bonds is 6. The monoisotopic (exact) mass is 412 g/mol. The van der Waals surface area contributed by atoms with E-state index in [0.717, 1.165) is 11.3 Å². The van der Waals surface area contributed by atoms with E-state index in [-0.39, 0.29) is 11.7 Å². The van der Waals surface area contributed by atoms with Crippen LogP contribution in [0.25, 0.3) is 11.3 Å². The summed E-state index contributed by atoms with van der Waals surface area (Å²) in [6, 6.07) is 24.9. The molecule has 6 heteroatoms. The molecule has 4 aromatic rings. The van der Waals surface area contributed by atoms with Crippen LogP contribution in [-0.2, 0) is 6.54 Å². The number of carbonyl (C=O) groups excluding carboxylic acids is 1. The van der Waals surface area contributed by atoms with Crippen molar-refractivity contribution in [3.8, 4) is 11.3 Å². The Kier molecular flexibility index (Phi) is 5.98. The van der Waals surface area contributed by atoms with Crippen LogP contribution in [0.1, 0.15) is 21.5 Å². The van der Waals surface area contributed by atoms with E-state index in [1.165, 1.54) is 17.7 Å². The van der Waals surface area contributed by atoms with E-state index in [9.17, 15) is 9.18 Å². The molecule has 0 radical (unpaired) electrons. The van der Waals surface area contributed by atoms with E-state index in [0.29, 0.717) is 29.2 Å². The molecule has 0 fully saturated rings. The lowest BCUT2D eigenvalue weighted by Gasteiger charge is -2.08. The van der Waals surface area contributed by atoms with Gasteiger partial charge >= 0.3 is 0 Å². The summed E-state index contributed by atoms with van der Waals surface area (Å²) >= 11 is 0. The molecular weight excluding hydrogens is 391 g/mol. The van der Waals surface area contributed by atoms with Crippen molar-refractivity contribution in [2.24, 2.45) is 0 Å². The van der Waals surface area contributed by atoms with Crippen LogP contribution in [0, 0.1) is 12.7 Å². The van der Waals surface area contributed by atoms with Crippen LogP contribution in [-0.4, -0.2) is 16.1 Å². The minimum absolute atomic E-state index is 0.133. The number of aromatic nitrogens is 2. The summed E-state index contributed by atoms with van der Waals surface area (Å²) in [5.74, 6) is 0.104. The van der Waals surface area contributed by atoms with Crippen molar-refractivity contribution in [2.45, 2.75) is 13.5 Å². The third-order valence-electron chi connectivity index (χ3n) is 4.78. The molecule has 0 aliphatic rings. The van der Waals surface area contributed by atoms with E-state index in [4.69, 9.17) is 0 Å². The van der Waals surface area contributed by atoms with Gasteiger partial charge in [0.05, 0.1) is 5.69 Å². The minimum Gasteiger partial charge on any atom is -0.348 e. The molecule has 0 aliphatic carbocycles. The Bertz CT molecular complexity index is 1170. The normalized spacial score (nSPS) is 10.5. The molecule has 2 N–H and O–H groups in total. The zero-order valence-electron chi connectivity index (χ0n) is 17.0. The maximum atomic E-state index is 13.4. The molecule has 0 saturated carbocycles. The summed E-state index contributed by atoms with van der Waals surface area (Å²) in [5.41, 5.74) is 4.85. The average Bonchev–Trinajstić information content (AvgIpc) is 2.79. The van der Waals surface area contributed by atoms with Gasteiger partial charge < -0.3 is 10.6 Å². The Balaban J connectivity index is 1.35. The molecule has 154 valence electrons. The van der Waals surface area contributed by atoms with Crippen molar-refractivity contribution in [3.63, 3.8) is 0 Å². The van der Waals surface area contributed by atoms with E-state index in [2.05, 4.69) is 20.8 Å². The molecule has 4 rings (SSSR count). The highest BCUT2D eigenvalue weighted by molar-refractivity contribution is 5.94. The van der Waals surface area contributed by atoms with Gasteiger partial charge in [0.25, 0.3) is 5.91 Å². The summed E-state index contributed by atoms with van der Waals surface area (Å²) in [6.45, 7) is 2.51. The second-order valence-corrected chi connectivity index (χ2v) is 7.18. The molecule has 0 atom stereocenters. The second-order valence-electron chi connectivity index (χ2n) is 7.18. The molecule has 1 heterocycles. The molecular formula is C25H21FN4O. The molecule has 31 heavy (non-hydrogen) atoms. The number of nitrogens with one attached hydrogen (secondary N) is 2. The van der Waals surface area contributed by atoms with Crippen LogP contribution in [0.4, 0.5) is 15.9 Å². The predicted octanol–water partition coefficient (Wildman–Crippen LogP) is 5.26. The highest BCUT2D eigenvalue weighted by Crippen LogP contribution is 2.20. The van der Waals surface area contributed by atoms with Gasteiger partial charge in [-0.2, -0.15) is 0 Å². The van der Waals surface area contributed by atoms with Gasteiger partial charge in [0, 0.05) is 23.4 Å². The van der Waals surface area contributed by atoms with E-state index in [1.54, 1.807) is 36.4 Å². The van der Waals surface area contributed by atoms with Gasteiger partial charge in [0.1, 0.15) is 5.82 Å². The second kappa shape index (κ2) is 9.17. The number of benzene rings is 3. The van der Waals surface area contributed by atoms with Crippen LogP contribution >= 0.6 is 0 Å². The van der Waals surface area contributed by atoms with E-state index >= 15 is 0 Å². The first-order valence-electron chi connectivity index (χ1n) is 9.87. The van der Waals surface area contributed by atoms with Crippen molar-refractivity contribution >= 4 is 17.4 Å². The van der Waals surface area contributed by atoms with Gasteiger partial charge in [-0.1, -0.05) is 42.0 Å². The molecule has 5 nitrogen and oxygen atoms in total. The lowest BCUT2D eigenvalue weighted by Crippen LogP contribution is -2.22. The number of hydrogen-bond acceptors (Lipinski definition) is 4. The first kappa shape index (κ1) is 20.2. The zero-order valence-corrected chi connectivity index (χ0v) is 17.0. The Labute approximate surface area is 180 Å². The van der Waals surface area contributed by atoms with Crippen LogP contribution in [0.2, 0.25) is 0 Å². The fraction of sp³-hybridized carbons (Fsp3) is 0.0800. The topological polar surface area (TPSA) is 66.9 Å². The van der Waals surface area contributed by atoms with Gasteiger partial charge in [0.2, 0.25) is 0 Å². The third-order valence-corrected chi connectivity index (χ3v) is 4.78. The lowest BCUT2D eigenvalue weighted by molar-refractivity contribution is 0.0951. The van der Waals surface area contributed by atoms with Crippen LogP contribution in [0.15, 0.2) is 84.9 Å². The minimum atomic E-state index is -0.315. The van der Waals surface area contributed by atoms with Gasteiger partial charge in [-0.15, -0.1) is 10.2 Å². The summed E-state index contributed by atoms with van der Waals surface area (Å²) in [4.78, 5) is 12.4. The Morgan fingerprint density at radius 3 is 2.35 bits per heavy atom. The molecule has 3 aromatic carbocycles. The lowest BCUT2D eigenvalue weighted by atomic mass is 10.1. The highest BCUT2D eigenvalue weighted by Gasteiger charge is 2.07. The number of amides is 1. The first-order chi connectivity index (χ1) is 15.1. The van der Waals surface area contributed by atoms with Crippen molar-refractivity contribution in [2.75, 3.05) is 5.32 Å². The van der Waals surface area contributed by atoms with Gasteiger partial charge in [-0.25, -0.2) is 4.39 Å². The number of nitrogens with zero attached hydrogens (tertiary/aromatic N) is 2. The van der Waals surface area contributed by atoms with Gasteiger partial charge in [0.15, 0.2) is 5.82 Å². The predicted molar refractivity (Wildman–Crippen MR) is 119 cm³/mol. The summed E-state index contributed by atoms with van der Waals surface area (Å²) in [7, 11) is 0. The third kappa shape index (κ3) is 5.30. The SMILES string of the molecule is Cc1ccc(CNC(=O)c2ccc(Nc3ccc(-c4cccc(F)c4)nn3)cc2)cc1. The van der Waals surface area contributed by atoms with Crippen LogP contribution in [0.3, 0.4) is 0 Å². The molecule has 0 unspecified atom stereocenters. The first-order valence-corrected chi connectivity index (χ1v) is 9.87. The van der Waals surface area contributed by atoms with Crippen molar-refractivity contribution in [3.05, 3.63) is 107 Å². The van der Waals surface area contributed by atoms with E-state index < -0.39 is 0 Å². The summed E-state index contributed by atoms with van der Waals surface area (Å²) < 4.78 is 13.4. The van der Waals surface area contributed by atoms with E-state index in [1.807, 2.05) is 43.3 Å². The molecule has 0 spiro atoms. The molecule has 0 bridgehead atoms. The molecule has 0 aliphatic heterocycles. The molecule has 0 saturated heterocycles. The fourth-order valence-electron chi connectivity index (χ4n) is 3.04. The highest BCUT2D eigenvalue weighted by atomic mass is 19.1. The average molecular weight is 412 g/mol. The Morgan fingerprint density at radius 1 is 0.903 bits per heavy atom. The number of aryl methyl sites for hydroxylation is 1. The Morgan fingerprint density at radius 2 is 1.68 bits per heavy atom. The van der Waals surface area contributed by atoms with Gasteiger partial charge in [-0.3, -0.25) is 4.79 Å². The smallest absolute Gasteiger partial charge is 0.251 e. The maximum absolute atomic E-state index is 13.4. The quantitative estimate of drug-likeness (QED) is 0.453. The largest absolute Gasteiger partial charge is 0.348 e. The van der Waals surface area contributed by atoms with Crippen LogP contribution in [0.5, 0.6) is 0 Å². The standard InChI is InChI=1S/C25H21FN4O/c1-17-5-7-18(8-6-17)16-27-25(31)19-9-11-22(12-10-19)28-24-14-13-23(29-30-24)20-3-2-4-21(26)15-20/h2-15H,16H2,1H3,(H,27,31)(H,28,30). The number of halogens is 1. The summed E-state index contributed by atoms with van der Waals surface area (Å²) in [5, 5.41) is 14.4. The maximum Gasteiger partial charge on any atom is 0.251 e. The van der Waals surface area contributed by atoms with Crippen molar-refractivity contribution in [1.82, 2.24) is 15.5 Å². The van der Waals surface area contributed by atoms with Crippen molar-refractivity contribution in [1.29, 1.82) is 0 Å². The molecule has 1 amide bonds. The van der Waals surface area contributed by atoms with Crippen LogP contribution < -0.4 is 10.6 Å². The fourth-order valence-corrected chi connectivity index (χ4v) is 3.04.